The number of hydrogen-bond acceptors (Lipinski definition) is 3. The maximum Gasteiger partial charge on any atom is 0.337 e. The summed E-state index contributed by atoms with van der Waals surface area (Å²) < 4.78 is 10.8. The van der Waals surface area contributed by atoms with Crippen molar-refractivity contribution in [2.75, 3.05) is 7.11 Å². The highest BCUT2D eigenvalue weighted by atomic mass is 79.9. The van der Waals surface area contributed by atoms with Gasteiger partial charge >= 0.3 is 5.97 Å². The molecule has 12 heavy (non-hydrogen) atoms. The van der Waals surface area contributed by atoms with E-state index in [0.717, 1.165) is 4.48 Å². The van der Waals surface area contributed by atoms with Crippen molar-refractivity contribution < 1.29 is 14.3 Å². The Bertz CT molecular complexity index is 293. The molecule has 0 aliphatic carbocycles. The number of esters is 1. The minimum atomic E-state index is -0.321. The maximum absolute atomic E-state index is 11.2. The van der Waals surface area contributed by atoms with Gasteiger partial charge in [0, 0.05) is 4.48 Å². The van der Waals surface area contributed by atoms with Gasteiger partial charge in [0.15, 0.2) is 0 Å². The summed E-state index contributed by atoms with van der Waals surface area (Å²) in [5.74, 6) is -0.321. The zero-order valence-electron chi connectivity index (χ0n) is 6.41. The third-order valence-corrected chi connectivity index (χ3v) is 2.83. The molecule has 4 heteroatoms. The Morgan fingerprint density at radius 2 is 2.25 bits per heavy atom. The Hall–Kier alpha value is -0.610. The molecule has 3 nitrogen and oxygen atoms in total. The minimum absolute atomic E-state index is 0.0795. The summed E-state index contributed by atoms with van der Waals surface area (Å²) in [4.78, 5) is 11.2. The van der Waals surface area contributed by atoms with Gasteiger partial charge in [-0.2, -0.15) is 0 Å². The van der Waals surface area contributed by atoms with E-state index in [1.807, 2.05) is 12.2 Å². The van der Waals surface area contributed by atoms with Gasteiger partial charge < -0.3 is 9.47 Å². The highest BCUT2D eigenvalue weighted by Crippen LogP contribution is 2.37. The lowest BCUT2D eigenvalue weighted by molar-refractivity contribution is -0.136. The fourth-order valence-corrected chi connectivity index (χ4v) is 2.02. The predicted octanol–water partition coefficient (Wildman–Crippen LogP) is 1.15. The highest BCUT2D eigenvalue weighted by Gasteiger charge is 2.39. The smallest absolute Gasteiger partial charge is 0.337 e. The van der Waals surface area contributed by atoms with Gasteiger partial charge in [-0.3, -0.25) is 0 Å². The molecule has 0 unspecified atom stereocenters. The summed E-state index contributed by atoms with van der Waals surface area (Å²) in [5.41, 5.74) is 0.588. The number of carbonyl (C=O) groups is 1. The summed E-state index contributed by atoms with van der Waals surface area (Å²) >= 11 is 3.31. The fourth-order valence-electron chi connectivity index (χ4n) is 1.37. The van der Waals surface area contributed by atoms with Crippen LogP contribution in [0.25, 0.3) is 0 Å². The van der Waals surface area contributed by atoms with Gasteiger partial charge in [0.1, 0.15) is 12.2 Å². The van der Waals surface area contributed by atoms with Crippen LogP contribution in [0.15, 0.2) is 22.2 Å². The molecule has 0 fully saturated rings. The van der Waals surface area contributed by atoms with Crippen LogP contribution in [-0.4, -0.2) is 25.3 Å². The van der Waals surface area contributed by atoms with Crippen molar-refractivity contribution in [3.05, 3.63) is 22.2 Å². The molecular weight excluding hydrogens is 224 g/mol. The van der Waals surface area contributed by atoms with Crippen LogP contribution in [0.3, 0.4) is 0 Å². The highest BCUT2D eigenvalue weighted by molar-refractivity contribution is 9.11. The molecule has 64 valence electrons. The van der Waals surface area contributed by atoms with Crippen LogP contribution in [0.2, 0.25) is 0 Å². The standard InChI is InChI=1S/C8H7BrO3/c1-11-8(10)6-4-2-3-5(12-4)7(6)9/h2-5H,1H3/t4-,5-/m1/s1. The van der Waals surface area contributed by atoms with Crippen LogP contribution in [0.1, 0.15) is 0 Å². The summed E-state index contributed by atoms with van der Waals surface area (Å²) in [6.07, 6.45) is 3.49. The van der Waals surface area contributed by atoms with E-state index in [-0.39, 0.29) is 18.2 Å². The molecule has 2 rings (SSSR count). The second-order valence-corrected chi connectivity index (χ2v) is 3.47. The number of halogens is 1. The third-order valence-electron chi connectivity index (χ3n) is 1.95. The Morgan fingerprint density at radius 3 is 2.75 bits per heavy atom. The van der Waals surface area contributed by atoms with Crippen molar-refractivity contribution in [1.82, 2.24) is 0 Å². The second-order valence-electron chi connectivity index (χ2n) is 2.62. The second kappa shape index (κ2) is 2.71. The first kappa shape index (κ1) is 8.01. The molecule has 2 aliphatic rings. The van der Waals surface area contributed by atoms with Crippen LogP contribution in [-0.2, 0) is 14.3 Å². The molecule has 2 heterocycles. The third kappa shape index (κ3) is 0.949. The number of hydrogen-bond donors (Lipinski definition) is 0. The minimum Gasteiger partial charge on any atom is -0.466 e. The van der Waals surface area contributed by atoms with Gasteiger partial charge in [0.05, 0.1) is 12.7 Å². The van der Waals surface area contributed by atoms with Crippen molar-refractivity contribution in [2.45, 2.75) is 12.2 Å². The van der Waals surface area contributed by atoms with Crippen LogP contribution in [0.4, 0.5) is 0 Å². The Kier molecular flexibility index (Phi) is 1.81. The summed E-state index contributed by atoms with van der Waals surface area (Å²) in [6, 6.07) is 0. The first-order valence-electron chi connectivity index (χ1n) is 3.55. The average molecular weight is 231 g/mol. The summed E-state index contributed by atoms with van der Waals surface area (Å²) in [7, 11) is 1.37. The van der Waals surface area contributed by atoms with E-state index in [1.165, 1.54) is 7.11 Å². The molecule has 0 amide bonds. The van der Waals surface area contributed by atoms with E-state index < -0.39 is 0 Å². The zero-order chi connectivity index (χ0) is 8.72. The van der Waals surface area contributed by atoms with Gasteiger partial charge in [-0.1, -0.05) is 28.1 Å². The predicted molar refractivity (Wildman–Crippen MR) is 45.8 cm³/mol. The molecule has 0 spiro atoms. The van der Waals surface area contributed by atoms with Crippen molar-refractivity contribution in [3.63, 3.8) is 0 Å². The molecule has 0 N–H and O–H groups in total. The number of fused-ring (bicyclic) bond motifs is 2. The zero-order valence-corrected chi connectivity index (χ0v) is 8.00. The van der Waals surface area contributed by atoms with Crippen LogP contribution in [0, 0.1) is 0 Å². The average Bonchev–Trinajstić information content (AvgIpc) is 2.63. The lowest BCUT2D eigenvalue weighted by atomic mass is 10.1. The topological polar surface area (TPSA) is 35.5 Å². The van der Waals surface area contributed by atoms with E-state index in [9.17, 15) is 4.79 Å². The van der Waals surface area contributed by atoms with Crippen LogP contribution >= 0.6 is 15.9 Å². The normalized spacial score (nSPS) is 31.5. The molecule has 0 saturated heterocycles. The van der Waals surface area contributed by atoms with Crippen molar-refractivity contribution >= 4 is 21.9 Å². The number of rotatable bonds is 1. The molecule has 0 aromatic rings. The lowest BCUT2D eigenvalue weighted by Crippen LogP contribution is -2.14. The Balaban J connectivity index is 2.32. The number of ether oxygens (including phenoxy) is 2. The SMILES string of the molecule is COC(=O)C1=C(Br)[C@H]2C=C[C@H]1O2. The van der Waals surface area contributed by atoms with Crippen molar-refractivity contribution in [3.8, 4) is 0 Å². The largest absolute Gasteiger partial charge is 0.466 e. The molecule has 2 bridgehead atoms. The fraction of sp³-hybridized carbons (Fsp3) is 0.375. The van der Waals surface area contributed by atoms with Crippen molar-refractivity contribution in [2.24, 2.45) is 0 Å². The molecule has 0 saturated carbocycles. The van der Waals surface area contributed by atoms with Gasteiger partial charge in [-0.15, -0.1) is 0 Å². The van der Waals surface area contributed by atoms with Gasteiger partial charge in [0.2, 0.25) is 0 Å². The van der Waals surface area contributed by atoms with E-state index in [1.54, 1.807) is 0 Å². The first-order valence-corrected chi connectivity index (χ1v) is 4.35. The van der Waals surface area contributed by atoms with Crippen LogP contribution in [0.5, 0.6) is 0 Å². The van der Waals surface area contributed by atoms with E-state index in [0.29, 0.717) is 5.57 Å². The molecule has 2 aliphatic heterocycles. The van der Waals surface area contributed by atoms with Gasteiger partial charge in [-0.25, -0.2) is 4.79 Å². The summed E-state index contributed by atoms with van der Waals surface area (Å²) in [5, 5.41) is 0. The molecule has 0 aromatic heterocycles. The van der Waals surface area contributed by atoms with E-state index >= 15 is 0 Å². The first-order chi connectivity index (χ1) is 5.74. The quantitative estimate of drug-likeness (QED) is 0.501. The van der Waals surface area contributed by atoms with Gasteiger partial charge in [-0.05, 0) is 0 Å². The van der Waals surface area contributed by atoms with Crippen LogP contribution < -0.4 is 0 Å². The number of carbonyl (C=O) groups excluding carboxylic acids is 1. The monoisotopic (exact) mass is 230 g/mol. The molecule has 0 aromatic carbocycles. The lowest BCUT2D eigenvalue weighted by Gasteiger charge is -2.05. The van der Waals surface area contributed by atoms with Gasteiger partial charge in [0.25, 0.3) is 0 Å². The Labute approximate surface area is 78.2 Å². The number of methoxy groups -OCH3 is 1. The Morgan fingerprint density at radius 1 is 1.58 bits per heavy atom. The molecule has 0 radical (unpaired) electrons. The summed E-state index contributed by atoms with van der Waals surface area (Å²) in [6.45, 7) is 0. The van der Waals surface area contributed by atoms with E-state index in [2.05, 4.69) is 20.7 Å². The molecule has 2 atom stereocenters. The maximum atomic E-state index is 11.2. The van der Waals surface area contributed by atoms with E-state index in [4.69, 9.17) is 4.74 Å². The molecular formula is C8H7BrO3. The van der Waals surface area contributed by atoms with Crippen molar-refractivity contribution in [1.29, 1.82) is 0 Å².